The summed E-state index contributed by atoms with van der Waals surface area (Å²) in [7, 11) is 0. The Balaban J connectivity index is 1.17. The summed E-state index contributed by atoms with van der Waals surface area (Å²) in [6, 6.07) is 12.3. The van der Waals surface area contributed by atoms with Gasteiger partial charge >= 0.3 is 0 Å². The second-order valence-electron chi connectivity index (χ2n) is 7.44. The largest absolute Gasteiger partial charge is 0.368 e. The van der Waals surface area contributed by atoms with E-state index >= 15 is 0 Å². The molecule has 2 fully saturated rings. The van der Waals surface area contributed by atoms with Gasteiger partial charge in [0.2, 0.25) is 17.6 Å². The molecule has 5 rings (SSSR count). The molecule has 0 atom stereocenters. The Morgan fingerprint density at radius 1 is 1.10 bits per heavy atom. The van der Waals surface area contributed by atoms with Crippen LogP contribution < -0.4 is 4.90 Å². The van der Waals surface area contributed by atoms with E-state index in [1.165, 1.54) is 0 Å². The molecule has 7 heteroatoms. The van der Waals surface area contributed by atoms with Crippen LogP contribution in [0.4, 0.5) is 5.69 Å². The van der Waals surface area contributed by atoms with Crippen LogP contribution in [0.15, 0.2) is 52.4 Å². The minimum Gasteiger partial charge on any atom is -0.368 e. The molecule has 2 aliphatic rings. The van der Waals surface area contributed by atoms with Gasteiger partial charge in [-0.15, -0.1) is 11.3 Å². The zero-order chi connectivity index (χ0) is 19.6. The first-order chi connectivity index (χ1) is 14.3. The molecule has 2 aromatic heterocycles. The van der Waals surface area contributed by atoms with Crippen LogP contribution in [0.25, 0.3) is 17.5 Å². The number of benzene rings is 1. The molecule has 0 spiro atoms. The Morgan fingerprint density at radius 2 is 1.90 bits per heavy atom. The van der Waals surface area contributed by atoms with Crippen molar-refractivity contribution in [3.63, 3.8) is 0 Å². The van der Waals surface area contributed by atoms with E-state index in [2.05, 4.69) is 27.2 Å². The first kappa shape index (κ1) is 18.1. The van der Waals surface area contributed by atoms with Gasteiger partial charge in [-0.05, 0) is 54.6 Å². The van der Waals surface area contributed by atoms with Gasteiger partial charge in [-0.2, -0.15) is 4.98 Å². The van der Waals surface area contributed by atoms with Crippen molar-refractivity contribution in [3.8, 4) is 11.4 Å². The number of rotatable bonds is 5. The molecule has 29 heavy (non-hydrogen) atoms. The first-order valence-electron chi connectivity index (χ1n) is 9.96. The Kier molecular flexibility index (Phi) is 4.89. The Morgan fingerprint density at radius 3 is 2.59 bits per heavy atom. The summed E-state index contributed by atoms with van der Waals surface area (Å²) in [5.74, 6) is 1.97. The Bertz CT molecular complexity index is 998. The lowest BCUT2D eigenvalue weighted by Gasteiger charge is -2.35. The van der Waals surface area contributed by atoms with E-state index in [0.29, 0.717) is 11.7 Å². The fraction of sp³-hybridized carbons (Fsp3) is 0.318. The molecule has 3 heterocycles. The van der Waals surface area contributed by atoms with Crippen molar-refractivity contribution in [2.24, 2.45) is 0 Å². The maximum atomic E-state index is 12.4. The van der Waals surface area contributed by atoms with Crippen LogP contribution >= 0.6 is 11.3 Å². The molecule has 0 bridgehead atoms. The highest BCUT2D eigenvalue weighted by atomic mass is 32.1. The maximum absolute atomic E-state index is 12.4. The van der Waals surface area contributed by atoms with Crippen LogP contribution in [-0.2, 0) is 4.79 Å². The minimum atomic E-state index is 0.0805. The summed E-state index contributed by atoms with van der Waals surface area (Å²) in [6.45, 7) is 3.11. The van der Waals surface area contributed by atoms with Gasteiger partial charge in [0.05, 0.1) is 0 Å². The summed E-state index contributed by atoms with van der Waals surface area (Å²) in [5, 5.41) is 6.12. The van der Waals surface area contributed by atoms with E-state index in [0.717, 1.165) is 61.0 Å². The molecule has 1 amide bonds. The van der Waals surface area contributed by atoms with Crippen LogP contribution in [0.3, 0.4) is 0 Å². The summed E-state index contributed by atoms with van der Waals surface area (Å²) in [4.78, 5) is 22.2. The normalized spacial score (nSPS) is 17.2. The monoisotopic (exact) mass is 406 g/mol. The topological polar surface area (TPSA) is 62.5 Å². The van der Waals surface area contributed by atoms with E-state index in [-0.39, 0.29) is 5.91 Å². The molecule has 0 radical (unpaired) electrons. The van der Waals surface area contributed by atoms with Gasteiger partial charge in [0.25, 0.3) is 0 Å². The Hall–Kier alpha value is -2.93. The lowest BCUT2D eigenvalue weighted by molar-refractivity contribution is -0.126. The van der Waals surface area contributed by atoms with Crippen LogP contribution in [0.1, 0.15) is 29.5 Å². The molecule has 1 saturated heterocycles. The van der Waals surface area contributed by atoms with Gasteiger partial charge in [0.15, 0.2) is 0 Å². The van der Waals surface area contributed by atoms with Crippen LogP contribution in [0.2, 0.25) is 0 Å². The molecule has 0 unspecified atom stereocenters. The smallest absolute Gasteiger partial charge is 0.246 e. The predicted molar refractivity (Wildman–Crippen MR) is 114 cm³/mol. The molecular weight excluding hydrogens is 384 g/mol. The van der Waals surface area contributed by atoms with Crippen molar-refractivity contribution in [2.75, 3.05) is 31.1 Å². The van der Waals surface area contributed by atoms with Gasteiger partial charge in [0.1, 0.15) is 0 Å². The second kappa shape index (κ2) is 7.83. The van der Waals surface area contributed by atoms with Crippen molar-refractivity contribution < 1.29 is 9.32 Å². The second-order valence-corrected chi connectivity index (χ2v) is 8.42. The number of carbonyl (C=O) groups is 1. The molecular formula is C22H22N4O2S. The van der Waals surface area contributed by atoms with E-state index in [1.807, 2.05) is 40.6 Å². The number of hydrogen-bond acceptors (Lipinski definition) is 6. The van der Waals surface area contributed by atoms with Gasteiger partial charge in [0, 0.05) is 54.3 Å². The summed E-state index contributed by atoms with van der Waals surface area (Å²) in [6.07, 6.45) is 5.87. The number of aromatic nitrogens is 2. The zero-order valence-corrected chi connectivity index (χ0v) is 16.8. The fourth-order valence-corrected chi connectivity index (χ4v) is 4.12. The maximum Gasteiger partial charge on any atom is 0.246 e. The third-order valence-corrected chi connectivity index (χ3v) is 6.22. The van der Waals surface area contributed by atoms with E-state index < -0.39 is 0 Å². The number of carbonyl (C=O) groups excluding carboxylic acids is 1. The van der Waals surface area contributed by atoms with Crippen molar-refractivity contribution in [3.05, 3.63) is 58.6 Å². The Labute approximate surface area is 173 Å². The molecule has 0 N–H and O–H groups in total. The lowest BCUT2D eigenvalue weighted by Crippen LogP contribution is -2.48. The molecule has 3 aromatic rings. The van der Waals surface area contributed by atoms with Gasteiger partial charge in [-0.25, -0.2) is 0 Å². The van der Waals surface area contributed by atoms with Gasteiger partial charge in [-0.1, -0.05) is 11.2 Å². The number of nitrogens with zero attached hydrogens (tertiary/aromatic N) is 4. The first-order valence-corrected chi connectivity index (χ1v) is 10.8. The van der Waals surface area contributed by atoms with Crippen molar-refractivity contribution in [1.29, 1.82) is 0 Å². The lowest BCUT2D eigenvalue weighted by atomic mass is 10.1. The molecule has 148 valence electrons. The molecule has 6 nitrogen and oxygen atoms in total. The van der Waals surface area contributed by atoms with Crippen LogP contribution in [0, 0.1) is 0 Å². The zero-order valence-electron chi connectivity index (χ0n) is 16.0. The van der Waals surface area contributed by atoms with Gasteiger partial charge in [-0.3, -0.25) is 4.79 Å². The van der Waals surface area contributed by atoms with E-state index in [9.17, 15) is 4.79 Å². The summed E-state index contributed by atoms with van der Waals surface area (Å²) in [5.41, 5.74) is 2.12. The molecule has 1 aliphatic heterocycles. The molecule has 1 aromatic carbocycles. The highest BCUT2D eigenvalue weighted by molar-refractivity contribution is 7.10. The van der Waals surface area contributed by atoms with E-state index in [1.54, 1.807) is 17.4 Å². The molecule has 1 aliphatic carbocycles. The average Bonchev–Trinajstić information content (AvgIpc) is 3.27. The van der Waals surface area contributed by atoms with Crippen LogP contribution in [0.5, 0.6) is 0 Å². The minimum absolute atomic E-state index is 0.0805. The third-order valence-electron chi connectivity index (χ3n) is 5.38. The summed E-state index contributed by atoms with van der Waals surface area (Å²) < 4.78 is 5.35. The standard InChI is InChI=1S/C22H22N4O2S/c27-20(10-9-19-2-1-15-29-19)26-13-11-25(12-14-26)18-7-5-16(6-8-18)21-23-22(28-24-21)17-3-4-17/h1-2,5-10,15,17H,3-4,11-14H2/b10-9+. The van der Waals surface area contributed by atoms with Crippen molar-refractivity contribution >= 4 is 29.0 Å². The fourth-order valence-electron chi connectivity index (χ4n) is 3.50. The highest BCUT2D eigenvalue weighted by Crippen LogP contribution is 2.39. The number of piperazine rings is 1. The van der Waals surface area contributed by atoms with Crippen molar-refractivity contribution in [1.82, 2.24) is 15.0 Å². The quantitative estimate of drug-likeness (QED) is 0.599. The van der Waals surface area contributed by atoms with Crippen LogP contribution in [-0.4, -0.2) is 47.1 Å². The summed E-state index contributed by atoms with van der Waals surface area (Å²) >= 11 is 1.63. The number of anilines is 1. The number of amides is 1. The van der Waals surface area contributed by atoms with Gasteiger partial charge < -0.3 is 14.3 Å². The molecule has 1 saturated carbocycles. The van der Waals surface area contributed by atoms with E-state index in [4.69, 9.17) is 4.52 Å². The average molecular weight is 407 g/mol. The number of thiophene rings is 1. The number of hydrogen-bond donors (Lipinski definition) is 0. The predicted octanol–water partition coefficient (Wildman–Crippen LogP) is 4.04. The highest BCUT2D eigenvalue weighted by Gasteiger charge is 2.29. The SMILES string of the molecule is O=C(/C=C/c1cccs1)N1CCN(c2ccc(-c3noc(C4CC4)n3)cc2)CC1. The van der Waals surface area contributed by atoms with Crippen molar-refractivity contribution in [2.45, 2.75) is 18.8 Å². The third kappa shape index (κ3) is 4.10.